The molecule has 1 aromatic heterocycles. The molecule has 1 atom stereocenters. The van der Waals surface area contributed by atoms with Crippen LogP contribution < -0.4 is 0 Å². The van der Waals surface area contributed by atoms with E-state index in [-0.39, 0.29) is 11.5 Å². The van der Waals surface area contributed by atoms with Crippen molar-refractivity contribution < 1.29 is 18.5 Å². The Balaban J connectivity index is 2.26. The summed E-state index contributed by atoms with van der Waals surface area (Å²) in [6, 6.07) is 6.24. The number of aromatic carboxylic acids is 1. The van der Waals surface area contributed by atoms with Gasteiger partial charge < -0.3 is 9.52 Å². The summed E-state index contributed by atoms with van der Waals surface area (Å²) in [6.07, 6.45) is 0. The third kappa shape index (κ3) is 3.23. The summed E-state index contributed by atoms with van der Waals surface area (Å²) in [5.74, 6) is -0.933. The zero-order valence-corrected chi connectivity index (χ0v) is 12.7. The Bertz CT molecular complexity index is 694. The molecule has 0 saturated carbocycles. The van der Waals surface area contributed by atoms with Crippen LogP contribution in [0.15, 0.2) is 33.6 Å². The smallest absolute Gasteiger partial charge is 0.372 e. The molecule has 7 heteroatoms. The summed E-state index contributed by atoms with van der Waals surface area (Å²) >= 11 is 11.8. The Morgan fingerprint density at radius 2 is 2.05 bits per heavy atom. The number of halogens is 2. The van der Waals surface area contributed by atoms with Crippen LogP contribution in [-0.4, -0.2) is 15.3 Å². The van der Waals surface area contributed by atoms with E-state index in [4.69, 9.17) is 32.7 Å². The molecule has 0 amide bonds. The van der Waals surface area contributed by atoms with E-state index in [1.165, 1.54) is 6.07 Å². The Morgan fingerprint density at radius 3 is 2.65 bits per heavy atom. The molecule has 0 radical (unpaired) electrons. The maximum atomic E-state index is 12.2. The van der Waals surface area contributed by atoms with E-state index >= 15 is 0 Å². The van der Waals surface area contributed by atoms with Crippen molar-refractivity contribution in [2.24, 2.45) is 0 Å². The summed E-state index contributed by atoms with van der Waals surface area (Å²) in [6.45, 7) is 1.62. The van der Waals surface area contributed by atoms with Crippen molar-refractivity contribution in [3.8, 4) is 0 Å². The van der Waals surface area contributed by atoms with Crippen molar-refractivity contribution in [3.63, 3.8) is 0 Å². The highest BCUT2D eigenvalue weighted by molar-refractivity contribution is 7.84. The SMILES string of the molecule is Cc1cc(CS(=O)c2cc(Cl)ccc2Cl)oc1C(=O)O. The minimum absolute atomic E-state index is 0.0359. The lowest BCUT2D eigenvalue weighted by Crippen LogP contribution is -1.97. The van der Waals surface area contributed by atoms with Crippen LogP contribution in [0.4, 0.5) is 0 Å². The maximum absolute atomic E-state index is 12.2. The van der Waals surface area contributed by atoms with Gasteiger partial charge in [-0.2, -0.15) is 0 Å². The predicted octanol–water partition coefficient (Wildman–Crippen LogP) is 3.90. The van der Waals surface area contributed by atoms with E-state index in [0.717, 1.165) is 0 Å². The van der Waals surface area contributed by atoms with Gasteiger partial charge in [-0.1, -0.05) is 23.2 Å². The van der Waals surface area contributed by atoms with Gasteiger partial charge in [-0.05, 0) is 31.2 Å². The zero-order valence-electron chi connectivity index (χ0n) is 10.4. The van der Waals surface area contributed by atoms with Gasteiger partial charge >= 0.3 is 5.97 Å². The Labute approximate surface area is 127 Å². The molecule has 0 fully saturated rings. The number of benzene rings is 1. The van der Waals surface area contributed by atoms with Crippen molar-refractivity contribution in [1.29, 1.82) is 0 Å². The standard InChI is InChI=1S/C13H10Cl2O4S/c1-7-4-9(19-12(7)13(16)17)6-20(18)11-5-8(14)2-3-10(11)15/h2-5H,6H2,1H3,(H,16,17). The van der Waals surface area contributed by atoms with Crippen molar-refractivity contribution in [2.45, 2.75) is 17.6 Å². The third-order valence-electron chi connectivity index (χ3n) is 2.57. The molecule has 0 bridgehead atoms. The molecule has 0 spiro atoms. The van der Waals surface area contributed by atoms with Gasteiger partial charge in [0.15, 0.2) is 0 Å². The van der Waals surface area contributed by atoms with Crippen LogP contribution in [0.5, 0.6) is 0 Å². The first-order valence-electron chi connectivity index (χ1n) is 5.54. The first-order valence-corrected chi connectivity index (χ1v) is 7.62. The van der Waals surface area contributed by atoms with Gasteiger partial charge in [0.1, 0.15) is 5.76 Å². The molecule has 2 aromatic rings. The molecule has 1 aromatic carbocycles. The average Bonchev–Trinajstić information content (AvgIpc) is 2.73. The summed E-state index contributed by atoms with van der Waals surface area (Å²) < 4.78 is 17.4. The topological polar surface area (TPSA) is 67.5 Å². The Kier molecular flexibility index (Phi) is 4.52. The second-order valence-electron chi connectivity index (χ2n) is 4.09. The van der Waals surface area contributed by atoms with Gasteiger partial charge in [-0.25, -0.2) is 4.79 Å². The molecule has 20 heavy (non-hydrogen) atoms. The van der Waals surface area contributed by atoms with E-state index < -0.39 is 16.8 Å². The lowest BCUT2D eigenvalue weighted by molar-refractivity contribution is 0.0659. The number of aryl methyl sites for hydroxylation is 1. The highest BCUT2D eigenvalue weighted by Crippen LogP contribution is 2.26. The fourth-order valence-electron chi connectivity index (χ4n) is 1.69. The Morgan fingerprint density at radius 1 is 1.35 bits per heavy atom. The second kappa shape index (κ2) is 5.99. The van der Waals surface area contributed by atoms with E-state index in [1.807, 2.05) is 0 Å². The molecule has 0 aliphatic rings. The van der Waals surface area contributed by atoms with Crippen molar-refractivity contribution in [2.75, 3.05) is 0 Å². The van der Waals surface area contributed by atoms with Crippen molar-refractivity contribution in [3.05, 3.63) is 51.4 Å². The molecule has 2 rings (SSSR count). The number of rotatable bonds is 4. The molecular formula is C13H10Cl2O4S. The minimum Gasteiger partial charge on any atom is -0.475 e. The molecule has 1 unspecified atom stereocenters. The fraction of sp³-hybridized carbons (Fsp3) is 0.154. The van der Waals surface area contributed by atoms with E-state index in [1.54, 1.807) is 25.1 Å². The van der Waals surface area contributed by atoms with Crippen LogP contribution in [0.25, 0.3) is 0 Å². The van der Waals surface area contributed by atoms with Crippen LogP contribution >= 0.6 is 23.2 Å². The lowest BCUT2D eigenvalue weighted by atomic mass is 10.3. The largest absolute Gasteiger partial charge is 0.475 e. The third-order valence-corrected chi connectivity index (χ3v) is 4.63. The van der Waals surface area contributed by atoms with Gasteiger partial charge in [-0.15, -0.1) is 0 Å². The molecule has 4 nitrogen and oxygen atoms in total. The van der Waals surface area contributed by atoms with Crippen LogP contribution in [-0.2, 0) is 16.6 Å². The van der Waals surface area contributed by atoms with Crippen LogP contribution in [0.1, 0.15) is 21.9 Å². The molecule has 0 aliphatic carbocycles. The summed E-state index contributed by atoms with van der Waals surface area (Å²) in [7, 11) is -1.47. The predicted molar refractivity (Wildman–Crippen MR) is 77.0 cm³/mol. The number of hydrogen-bond donors (Lipinski definition) is 1. The lowest BCUT2D eigenvalue weighted by Gasteiger charge is -2.03. The molecule has 1 heterocycles. The average molecular weight is 333 g/mol. The number of carboxylic acids is 1. The van der Waals surface area contributed by atoms with Gasteiger partial charge in [0.25, 0.3) is 0 Å². The normalized spacial score (nSPS) is 12.3. The van der Waals surface area contributed by atoms with E-state index in [0.29, 0.717) is 26.3 Å². The second-order valence-corrected chi connectivity index (χ2v) is 6.36. The van der Waals surface area contributed by atoms with Crippen LogP contribution in [0, 0.1) is 6.92 Å². The van der Waals surface area contributed by atoms with Gasteiger partial charge in [0, 0.05) is 10.6 Å². The highest BCUT2D eigenvalue weighted by Gasteiger charge is 2.17. The van der Waals surface area contributed by atoms with Crippen molar-refractivity contribution >= 4 is 40.0 Å². The Hall–Kier alpha value is -1.30. The summed E-state index contributed by atoms with van der Waals surface area (Å²) in [5, 5.41) is 9.67. The number of carboxylic acid groups (broad SMARTS) is 1. The first-order chi connectivity index (χ1) is 9.38. The zero-order chi connectivity index (χ0) is 14.9. The van der Waals surface area contributed by atoms with E-state index in [2.05, 4.69) is 0 Å². The number of furan rings is 1. The molecule has 106 valence electrons. The summed E-state index contributed by atoms with van der Waals surface area (Å²) in [4.78, 5) is 11.3. The van der Waals surface area contributed by atoms with Crippen molar-refractivity contribution in [1.82, 2.24) is 0 Å². The first kappa shape index (κ1) is 15.1. The molecule has 0 saturated heterocycles. The van der Waals surface area contributed by atoms with E-state index in [9.17, 15) is 9.00 Å². The van der Waals surface area contributed by atoms with Crippen LogP contribution in [0.3, 0.4) is 0 Å². The highest BCUT2D eigenvalue weighted by atomic mass is 35.5. The van der Waals surface area contributed by atoms with Crippen LogP contribution in [0.2, 0.25) is 10.0 Å². The molecule has 0 aliphatic heterocycles. The molecular weight excluding hydrogens is 323 g/mol. The number of carbonyl (C=O) groups is 1. The number of hydrogen-bond acceptors (Lipinski definition) is 3. The molecule has 1 N–H and O–H groups in total. The monoisotopic (exact) mass is 332 g/mol. The maximum Gasteiger partial charge on any atom is 0.372 e. The van der Waals surface area contributed by atoms with Gasteiger partial charge in [-0.3, -0.25) is 4.21 Å². The van der Waals surface area contributed by atoms with Gasteiger partial charge in [0.2, 0.25) is 5.76 Å². The summed E-state index contributed by atoms with van der Waals surface area (Å²) in [5.41, 5.74) is 0.488. The fourth-order valence-corrected chi connectivity index (χ4v) is 3.40. The minimum atomic E-state index is -1.47. The van der Waals surface area contributed by atoms with Gasteiger partial charge in [0.05, 0.1) is 26.5 Å². The quantitative estimate of drug-likeness (QED) is 0.921.